The van der Waals surface area contributed by atoms with Crippen molar-refractivity contribution in [3.05, 3.63) is 0 Å². The summed E-state index contributed by atoms with van der Waals surface area (Å²) in [5.41, 5.74) is 5.69. The van der Waals surface area contributed by atoms with Crippen LogP contribution in [-0.4, -0.2) is 18.8 Å². The van der Waals surface area contributed by atoms with E-state index < -0.39 is 0 Å². The maximum absolute atomic E-state index is 6.27. The molecule has 0 aromatic heterocycles. The minimum atomic E-state index is 0.112. The molecule has 0 radical (unpaired) electrons. The van der Waals surface area contributed by atoms with E-state index in [-0.39, 0.29) is 5.60 Å². The van der Waals surface area contributed by atoms with Crippen LogP contribution in [0.1, 0.15) is 79.1 Å². The Kier molecular flexibility index (Phi) is 10.8. The van der Waals surface area contributed by atoms with Crippen LogP contribution in [0.5, 0.6) is 0 Å². The number of hydrogen-bond acceptors (Lipinski definition) is 2. The van der Waals surface area contributed by atoms with Crippen molar-refractivity contribution in [1.82, 2.24) is 0 Å². The summed E-state index contributed by atoms with van der Waals surface area (Å²) in [5, 5.41) is 0. The van der Waals surface area contributed by atoms with Gasteiger partial charge in [0.05, 0.1) is 5.60 Å². The van der Waals surface area contributed by atoms with E-state index in [2.05, 4.69) is 27.7 Å². The fraction of sp³-hybridized carbons (Fsp3) is 1.00. The zero-order valence-corrected chi connectivity index (χ0v) is 13.1. The van der Waals surface area contributed by atoms with E-state index in [4.69, 9.17) is 10.5 Å². The Hall–Kier alpha value is -0.0800. The third-order valence-electron chi connectivity index (χ3n) is 4.46. The number of ether oxygens (including phenoxy) is 1. The Morgan fingerprint density at radius 2 is 1.61 bits per heavy atom. The van der Waals surface area contributed by atoms with Crippen LogP contribution in [0.2, 0.25) is 0 Å². The third-order valence-corrected chi connectivity index (χ3v) is 4.46. The van der Waals surface area contributed by atoms with Gasteiger partial charge in [0.15, 0.2) is 0 Å². The number of rotatable bonds is 12. The Bertz CT molecular complexity index is 174. The first-order valence-electron chi connectivity index (χ1n) is 8.01. The highest BCUT2D eigenvalue weighted by molar-refractivity contribution is 4.78. The highest BCUT2D eigenvalue weighted by Crippen LogP contribution is 2.28. The summed E-state index contributed by atoms with van der Waals surface area (Å²) in [6.45, 7) is 10.8. The molecule has 0 spiro atoms. The summed E-state index contributed by atoms with van der Waals surface area (Å²) in [6, 6.07) is 0. The van der Waals surface area contributed by atoms with Crippen molar-refractivity contribution >= 4 is 0 Å². The first-order chi connectivity index (χ1) is 8.67. The van der Waals surface area contributed by atoms with E-state index in [0.717, 1.165) is 38.3 Å². The van der Waals surface area contributed by atoms with Crippen LogP contribution in [0.25, 0.3) is 0 Å². The Labute approximate surface area is 115 Å². The summed E-state index contributed by atoms with van der Waals surface area (Å²) in [5.74, 6) is 0.834. The molecule has 0 aromatic rings. The molecule has 0 fully saturated rings. The van der Waals surface area contributed by atoms with Crippen LogP contribution in [0, 0.1) is 5.92 Å². The van der Waals surface area contributed by atoms with Gasteiger partial charge in [-0.2, -0.15) is 0 Å². The van der Waals surface area contributed by atoms with Crippen molar-refractivity contribution in [2.45, 2.75) is 84.7 Å². The van der Waals surface area contributed by atoms with E-state index in [0.29, 0.717) is 0 Å². The van der Waals surface area contributed by atoms with Gasteiger partial charge in [-0.15, -0.1) is 0 Å². The summed E-state index contributed by atoms with van der Waals surface area (Å²) in [6.07, 6.45) is 9.50. The lowest BCUT2D eigenvalue weighted by molar-refractivity contribution is -0.0633. The molecule has 0 saturated carbocycles. The Balaban J connectivity index is 4.08. The zero-order valence-electron chi connectivity index (χ0n) is 13.1. The van der Waals surface area contributed by atoms with Crippen molar-refractivity contribution in [3.63, 3.8) is 0 Å². The molecule has 0 aromatic carbocycles. The van der Waals surface area contributed by atoms with E-state index >= 15 is 0 Å². The SMILES string of the molecule is CCC(CC)CCOC(CC)(CC)CCCCN. The number of hydrogen-bond donors (Lipinski definition) is 1. The first-order valence-corrected chi connectivity index (χ1v) is 8.01. The molecule has 0 saturated heterocycles. The van der Waals surface area contributed by atoms with E-state index in [1.807, 2.05) is 0 Å². The van der Waals surface area contributed by atoms with E-state index in [1.165, 1.54) is 32.1 Å². The van der Waals surface area contributed by atoms with Crippen molar-refractivity contribution in [2.75, 3.05) is 13.2 Å². The van der Waals surface area contributed by atoms with Gasteiger partial charge in [-0.05, 0) is 51.0 Å². The molecule has 2 N–H and O–H groups in total. The van der Waals surface area contributed by atoms with Crippen LogP contribution >= 0.6 is 0 Å². The molecule has 0 rings (SSSR count). The Morgan fingerprint density at radius 3 is 2.06 bits per heavy atom. The average Bonchev–Trinajstić information content (AvgIpc) is 2.42. The highest BCUT2D eigenvalue weighted by atomic mass is 16.5. The van der Waals surface area contributed by atoms with Crippen LogP contribution in [-0.2, 0) is 4.74 Å². The van der Waals surface area contributed by atoms with E-state index in [9.17, 15) is 0 Å². The molecular formula is C16H35NO. The molecule has 18 heavy (non-hydrogen) atoms. The molecule has 110 valence electrons. The molecular weight excluding hydrogens is 222 g/mol. The summed E-state index contributed by atoms with van der Waals surface area (Å²) < 4.78 is 6.27. The number of nitrogens with two attached hydrogens (primary N) is 1. The maximum atomic E-state index is 6.27. The van der Waals surface area contributed by atoms with Crippen molar-refractivity contribution in [2.24, 2.45) is 11.7 Å². The van der Waals surface area contributed by atoms with Gasteiger partial charge >= 0.3 is 0 Å². The lowest BCUT2D eigenvalue weighted by Crippen LogP contribution is -2.32. The van der Waals surface area contributed by atoms with Crippen molar-refractivity contribution < 1.29 is 4.74 Å². The van der Waals surface area contributed by atoms with Crippen LogP contribution in [0.15, 0.2) is 0 Å². The topological polar surface area (TPSA) is 35.2 Å². The standard InChI is InChI=1S/C16H35NO/c1-5-15(6-2)11-14-18-16(7-3,8-4)12-9-10-13-17/h15H,5-14,17H2,1-4H3. The third kappa shape index (κ3) is 6.75. The van der Waals surface area contributed by atoms with Gasteiger partial charge in [-0.3, -0.25) is 0 Å². The smallest absolute Gasteiger partial charge is 0.0677 e. The molecule has 2 nitrogen and oxygen atoms in total. The Morgan fingerprint density at radius 1 is 1.00 bits per heavy atom. The molecule has 0 heterocycles. The molecule has 0 bridgehead atoms. The number of unbranched alkanes of at least 4 members (excludes halogenated alkanes) is 1. The first kappa shape index (κ1) is 17.9. The molecule has 0 unspecified atom stereocenters. The van der Waals surface area contributed by atoms with Gasteiger partial charge in [0.2, 0.25) is 0 Å². The van der Waals surface area contributed by atoms with Crippen molar-refractivity contribution in [3.8, 4) is 0 Å². The second kappa shape index (κ2) is 10.8. The van der Waals surface area contributed by atoms with Crippen LogP contribution < -0.4 is 5.73 Å². The second-order valence-electron chi connectivity index (χ2n) is 5.46. The minimum Gasteiger partial charge on any atom is -0.375 e. The highest BCUT2D eigenvalue weighted by Gasteiger charge is 2.26. The summed E-state index contributed by atoms with van der Waals surface area (Å²) >= 11 is 0. The molecule has 0 aliphatic carbocycles. The molecule has 0 atom stereocenters. The van der Waals surface area contributed by atoms with Gasteiger partial charge in [0, 0.05) is 6.61 Å². The predicted molar refractivity (Wildman–Crippen MR) is 80.9 cm³/mol. The summed E-state index contributed by atoms with van der Waals surface area (Å²) in [7, 11) is 0. The lowest BCUT2D eigenvalue weighted by Gasteiger charge is -2.33. The van der Waals surface area contributed by atoms with Gasteiger partial charge < -0.3 is 10.5 Å². The largest absolute Gasteiger partial charge is 0.375 e. The molecule has 0 amide bonds. The monoisotopic (exact) mass is 257 g/mol. The van der Waals surface area contributed by atoms with Crippen LogP contribution in [0.4, 0.5) is 0 Å². The fourth-order valence-corrected chi connectivity index (χ4v) is 2.61. The fourth-order valence-electron chi connectivity index (χ4n) is 2.61. The molecule has 2 heteroatoms. The van der Waals surface area contributed by atoms with E-state index in [1.54, 1.807) is 0 Å². The molecule has 0 aliphatic rings. The second-order valence-corrected chi connectivity index (χ2v) is 5.46. The lowest BCUT2D eigenvalue weighted by atomic mass is 9.90. The minimum absolute atomic E-state index is 0.112. The summed E-state index contributed by atoms with van der Waals surface area (Å²) in [4.78, 5) is 0. The quantitative estimate of drug-likeness (QED) is 0.522. The predicted octanol–water partition coefficient (Wildman–Crippen LogP) is 4.52. The van der Waals surface area contributed by atoms with Gasteiger partial charge in [-0.25, -0.2) is 0 Å². The van der Waals surface area contributed by atoms with Gasteiger partial charge in [0.1, 0.15) is 0 Å². The molecule has 0 aliphatic heterocycles. The van der Waals surface area contributed by atoms with Crippen molar-refractivity contribution in [1.29, 1.82) is 0 Å². The van der Waals surface area contributed by atoms with Gasteiger partial charge in [-0.1, -0.05) is 40.5 Å². The van der Waals surface area contributed by atoms with Crippen LogP contribution in [0.3, 0.4) is 0 Å². The average molecular weight is 257 g/mol. The zero-order chi connectivity index (χ0) is 13.9. The van der Waals surface area contributed by atoms with Gasteiger partial charge in [0.25, 0.3) is 0 Å². The normalized spacial score (nSPS) is 12.3. The maximum Gasteiger partial charge on any atom is 0.0677 e.